The number of carbonyl (C=O) groups is 2. The summed E-state index contributed by atoms with van der Waals surface area (Å²) in [4.78, 5) is 23.8. The SMILES string of the molecule is Cn1cc([C@H]2CNC[C@@H]2C(=O)NCCc2cccc(C(N)=O)c2)cn1. The third kappa shape index (κ3) is 4.06. The Hall–Kier alpha value is -2.67. The minimum atomic E-state index is -0.442. The van der Waals surface area contributed by atoms with Crippen LogP contribution in [0.2, 0.25) is 0 Å². The summed E-state index contributed by atoms with van der Waals surface area (Å²) >= 11 is 0. The second-order valence-corrected chi connectivity index (χ2v) is 6.42. The molecule has 2 atom stereocenters. The summed E-state index contributed by atoms with van der Waals surface area (Å²) in [5, 5.41) is 10.5. The molecule has 1 aliphatic rings. The van der Waals surface area contributed by atoms with Crippen LogP contribution >= 0.6 is 0 Å². The number of aromatic nitrogens is 2. The molecular formula is C18H23N5O2. The molecule has 25 heavy (non-hydrogen) atoms. The molecule has 3 rings (SSSR count). The first-order chi connectivity index (χ1) is 12.0. The van der Waals surface area contributed by atoms with E-state index in [0.29, 0.717) is 25.1 Å². The van der Waals surface area contributed by atoms with E-state index in [1.54, 1.807) is 22.9 Å². The van der Waals surface area contributed by atoms with Gasteiger partial charge < -0.3 is 16.4 Å². The van der Waals surface area contributed by atoms with E-state index in [9.17, 15) is 9.59 Å². The molecule has 0 unspecified atom stereocenters. The number of amides is 2. The topological polar surface area (TPSA) is 102 Å². The third-order valence-corrected chi connectivity index (χ3v) is 4.63. The van der Waals surface area contributed by atoms with Crippen LogP contribution in [0.1, 0.15) is 27.4 Å². The summed E-state index contributed by atoms with van der Waals surface area (Å²) in [6, 6.07) is 7.18. The average Bonchev–Trinajstić information content (AvgIpc) is 3.23. The summed E-state index contributed by atoms with van der Waals surface area (Å²) in [6.45, 7) is 1.98. The summed E-state index contributed by atoms with van der Waals surface area (Å²) in [6.07, 6.45) is 4.45. The van der Waals surface area contributed by atoms with Gasteiger partial charge in [0.1, 0.15) is 0 Å². The fourth-order valence-electron chi connectivity index (χ4n) is 3.28. The molecule has 0 saturated carbocycles. The van der Waals surface area contributed by atoms with Crippen LogP contribution < -0.4 is 16.4 Å². The van der Waals surface area contributed by atoms with Gasteiger partial charge in [-0.25, -0.2) is 0 Å². The first-order valence-corrected chi connectivity index (χ1v) is 8.40. The van der Waals surface area contributed by atoms with Crippen molar-refractivity contribution in [2.24, 2.45) is 18.7 Å². The van der Waals surface area contributed by atoms with Gasteiger partial charge >= 0.3 is 0 Å². The van der Waals surface area contributed by atoms with Crippen LogP contribution in [0.5, 0.6) is 0 Å². The van der Waals surface area contributed by atoms with Crippen LogP contribution in [0.15, 0.2) is 36.7 Å². The van der Waals surface area contributed by atoms with Crippen molar-refractivity contribution in [3.05, 3.63) is 53.3 Å². The number of carbonyl (C=O) groups excluding carboxylic acids is 2. The zero-order chi connectivity index (χ0) is 17.8. The van der Waals surface area contributed by atoms with Crippen molar-refractivity contribution in [3.63, 3.8) is 0 Å². The van der Waals surface area contributed by atoms with E-state index in [4.69, 9.17) is 5.73 Å². The summed E-state index contributed by atoms with van der Waals surface area (Å²) in [5.41, 5.74) is 7.84. The molecule has 132 valence electrons. The summed E-state index contributed by atoms with van der Waals surface area (Å²) < 4.78 is 1.76. The molecule has 0 spiro atoms. The Morgan fingerprint density at radius 3 is 2.96 bits per heavy atom. The lowest BCUT2D eigenvalue weighted by Crippen LogP contribution is -2.35. The zero-order valence-corrected chi connectivity index (χ0v) is 14.2. The zero-order valence-electron chi connectivity index (χ0n) is 14.2. The number of rotatable bonds is 6. The molecule has 0 bridgehead atoms. The maximum Gasteiger partial charge on any atom is 0.248 e. The monoisotopic (exact) mass is 341 g/mol. The van der Waals surface area contributed by atoms with Gasteiger partial charge in [0.25, 0.3) is 0 Å². The van der Waals surface area contributed by atoms with Crippen molar-refractivity contribution in [1.82, 2.24) is 20.4 Å². The normalized spacial score (nSPS) is 19.7. The highest BCUT2D eigenvalue weighted by Crippen LogP contribution is 2.27. The van der Waals surface area contributed by atoms with E-state index in [2.05, 4.69) is 15.7 Å². The molecule has 2 heterocycles. The molecule has 1 saturated heterocycles. The van der Waals surface area contributed by atoms with Gasteiger partial charge in [0.15, 0.2) is 0 Å². The third-order valence-electron chi connectivity index (χ3n) is 4.63. The fourth-order valence-corrected chi connectivity index (χ4v) is 3.28. The molecule has 7 nitrogen and oxygen atoms in total. The second-order valence-electron chi connectivity index (χ2n) is 6.42. The van der Waals surface area contributed by atoms with Crippen molar-refractivity contribution in [2.75, 3.05) is 19.6 Å². The molecule has 1 aliphatic heterocycles. The highest BCUT2D eigenvalue weighted by atomic mass is 16.2. The highest BCUT2D eigenvalue weighted by molar-refractivity contribution is 5.92. The lowest BCUT2D eigenvalue weighted by atomic mass is 9.90. The quantitative estimate of drug-likeness (QED) is 0.697. The van der Waals surface area contributed by atoms with Crippen LogP contribution in [-0.2, 0) is 18.3 Å². The van der Waals surface area contributed by atoms with Gasteiger partial charge in [-0.1, -0.05) is 12.1 Å². The van der Waals surface area contributed by atoms with Crippen molar-refractivity contribution in [1.29, 1.82) is 0 Å². The molecular weight excluding hydrogens is 318 g/mol. The maximum absolute atomic E-state index is 12.5. The van der Waals surface area contributed by atoms with Gasteiger partial charge in [-0.2, -0.15) is 5.10 Å². The number of hydrogen-bond acceptors (Lipinski definition) is 4. The molecule has 2 aromatic rings. The van der Waals surface area contributed by atoms with Gasteiger partial charge in [0.05, 0.1) is 12.1 Å². The van der Waals surface area contributed by atoms with Crippen LogP contribution in [0.4, 0.5) is 0 Å². The second kappa shape index (κ2) is 7.48. The van der Waals surface area contributed by atoms with Crippen LogP contribution in [0.25, 0.3) is 0 Å². The molecule has 4 N–H and O–H groups in total. The van der Waals surface area contributed by atoms with Crippen LogP contribution in [0.3, 0.4) is 0 Å². The average molecular weight is 341 g/mol. The van der Waals surface area contributed by atoms with Gasteiger partial charge in [-0.3, -0.25) is 14.3 Å². The van der Waals surface area contributed by atoms with E-state index >= 15 is 0 Å². The van der Waals surface area contributed by atoms with E-state index in [-0.39, 0.29) is 17.7 Å². The Balaban J connectivity index is 1.55. The van der Waals surface area contributed by atoms with Gasteiger partial charge in [-0.15, -0.1) is 0 Å². The van der Waals surface area contributed by atoms with Crippen molar-refractivity contribution in [3.8, 4) is 0 Å². The van der Waals surface area contributed by atoms with E-state index in [0.717, 1.165) is 17.7 Å². The lowest BCUT2D eigenvalue weighted by molar-refractivity contribution is -0.124. The van der Waals surface area contributed by atoms with Crippen molar-refractivity contribution in [2.45, 2.75) is 12.3 Å². The summed E-state index contributed by atoms with van der Waals surface area (Å²) in [5.74, 6) is -0.347. The minimum Gasteiger partial charge on any atom is -0.366 e. The Bertz CT molecular complexity index is 770. The molecule has 1 aromatic carbocycles. The standard InChI is InChI=1S/C18H23N5O2/c1-23-11-14(8-22-23)15-9-20-10-16(15)18(25)21-6-5-12-3-2-4-13(7-12)17(19)24/h2-4,7-8,11,15-16,20H,5-6,9-10H2,1H3,(H2,19,24)(H,21,25)/t15-,16+/m1/s1. The number of aryl methyl sites for hydroxylation is 1. The first kappa shape index (κ1) is 17.2. The molecule has 1 aromatic heterocycles. The molecule has 0 radical (unpaired) electrons. The number of nitrogens with one attached hydrogen (secondary N) is 2. The lowest BCUT2D eigenvalue weighted by Gasteiger charge is -2.17. The van der Waals surface area contributed by atoms with Gasteiger partial charge in [0.2, 0.25) is 11.8 Å². The maximum atomic E-state index is 12.5. The Labute approximate surface area is 146 Å². The number of nitrogens with zero attached hydrogens (tertiary/aromatic N) is 2. The summed E-state index contributed by atoms with van der Waals surface area (Å²) in [7, 11) is 1.88. The smallest absolute Gasteiger partial charge is 0.248 e. The van der Waals surface area contributed by atoms with Crippen LogP contribution in [0, 0.1) is 5.92 Å². The Morgan fingerprint density at radius 2 is 2.24 bits per heavy atom. The van der Waals surface area contributed by atoms with Crippen LogP contribution in [-0.4, -0.2) is 41.2 Å². The minimum absolute atomic E-state index is 0.0462. The predicted octanol–water partition coefficient (Wildman–Crippen LogP) is 0.181. The van der Waals surface area contributed by atoms with E-state index in [1.165, 1.54) is 0 Å². The number of benzene rings is 1. The van der Waals surface area contributed by atoms with Gasteiger partial charge in [0, 0.05) is 44.4 Å². The van der Waals surface area contributed by atoms with E-state index < -0.39 is 5.91 Å². The van der Waals surface area contributed by atoms with Crippen molar-refractivity contribution >= 4 is 11.8 Å². The van der Waals surface area contributed by atoms with E-state index in [1.807, 2.05) is 25.5 Å². The number of hydrogen-bond donors (Lipinski definition) is 3. The highest BCUT2D eigenvalue weighted by Gasteiger charge is 2.34. The Kier molecular flexibility index (Phi) is 5.14. The number of primary amides is 1. The molecule has 1 fully saturated rings. The molecule has 7 heteroatoms. The largest absolute Gasteiger partial charge is 0.366 e. The molecule has 0 aliphatic carbocycles. The van der Waals surface area contributed by atoms with Crippen molar-refractivity contribution < 1.29 is 9.59 Å². The number of nitrogens with two attached hydrogens (primary N) is 1. The van der Waals surface area contributed by atoms with Gasteiger partial charge in [-0.05, 0) is 29.7 Å². The first-order valence-electron chi connectivity index (χ1n) is 8.40. The predicted molar refractivity (Wildman–Crippen MR) is 94.0 cm³/mol. The Morgan fingerprint density at radius 1 is 1.40 bits per heavy atom. The molecule has 2 amide bonds. The fraction of sp³-hybridized carbons (Fsp3) is 0.389.